The maximum absolute atomic E-state index is 12.6. The fraction of sp³-hybridized carbons (Fsp3) is 0.400. The SMILES string of the molecule is Cc1n[nH]c(C)c1S(=O)(=O)Nc1ccc2c(c1)N(S(C)(=O)=O)CCC2. The molecule has 0 amide bonds. The van der Waals surface area contributed by atoms with Crippen molar-refractivity contribution in [3.63, 3.8) is 0 Å². The summed E-state index contributed by atoms with van der Waals surface area (Å²) in [6, 6.07) is 4.98. The minimum absolute atomic E-state index is 0.102. The molecule has 0 saturated carbocycles. The molecule has 8 nitrogen and oxygen atoms in total. The molecule has 10 heteroatoms. The van der Waals surface area contributed by atoms with Gasteiger partial charge in [0.1, 0.15) is 4.90 Å². The number of H-pyrrole nitrogens is 1. The molecule has 0 atom stereocenters. The van der Waals surface area contributed by atoms with Crippen LogP contribution in [0.25, 0.3) is 0 Å². The van der Waals surface area contributed by atoms with Gasteiger partial charge >= 0.3 is 0 Å². The summed E-state index contributed by atoms with van der Waals surface area (Å²) in [5.41, 5.74) is 2.54. The number of aromatic amines is 1. The van der Waals surface area contributed by atoms with Crippen molar-refractivity contribution in [3.05, 3.63) is 35.2 Å². The third-order valence-electron chi connectivity index (χ3n) is 4.14. The molecule has 0 saturated heterocycles. The largest absolute Gasteiger partial charge is 0.281 e. The molecule has 2 N–H and O–H groups in total. The van der Waals surface area contributed by atoms with E-state index >= 15 is 0 Å². The van der Waals surface area contributed by atoms with Crippen molar-refractivity contribution in [3.8, 4) is 0 Å². The van der Waals surface area contributed by atoms with Crippen LogP contribution in [0.3, 0.4) is 0 Å². The van der Waals surface area contributed by atoms with Crippen LogP contribution in [-0.2, 0) is 26.5 Å². The van der Waals surface area contributed by atoms with Gasteiger partial charge in [-0.3, -0.25) is 14.1 Å². The number of hydrogen-bond donors (Lipinski definition) is 2. The van der Waals surface area contributed by atoms with Crippen molar-refractivity contribution in [2.75, 3.05) is 21.8 Å². The first kappa shape index (κ1) is 17.7. The van der Waals surface area contributed by atoms with Crippen LogP contribution in [0.15, 0.2) is 23.1 Å². The summed E-state index contributed by atoms with van der Waals surface area (Å²) in [4.78, 5) is 0.102. The third-order valence-corrected chi connectivity index (χ3v) is 6.97. The molecule has 1 aliphatic rings. The molecule has 1 aliphatic heterocycles. The molecule has 1 aromatic carbocycles. The number of nitrogens with zero attached hydrogens (tertiary/aromatic N) is 2. The number of hydrogen-bond acceptors (Lipinski definition) is 5. The van der Waals surface area contributed by atoms with E-state index in [-0.39, 0.29) is 4.90 Å². The summed E-state index contributed by atoms with van der Waals surface area (Å²) in [7, 11) is -7.24. The molecule has 0 aliphatic carbocycles. The van der Waals surface area contributed by atoms with E-state index in [4.69, 9.17) is 0 Å². The predicted molar refractivity (Wildman–Crippen MR) is 95.8 cm³/mol. The Balaban J connectivity index is 2.00. The summed E-state index contributed by atoms with van der Waals surface area (Å²) in [6.45, 7) is 3.63. The van der Waals surface area contributed by atoms with E-state index in [1.165, 1.54) is 4.31 Å². The van der Waals surface area contributed by atoms with Crippen LogP contribution in [0.4, 0.5) is 11.4 Å². The lowest BCUT2D eigenvalue weighted by Crippen LogP contribution is -2.34. The summed E-state index contributed by atoms with van der Waals surface area (Å²) in [5, 5.41) is 6.56. The van der Waals surface area contributed by atoms with Crippen molar-refractivity contribution in [2.24, 2.45) is 0 Å². The van der Waals surface area contributed by atoms with Crippen molar-refractivity contribution in [1.82, 2.24) is 10.2 Å². The molecule has 3 rings (SSSR count). The number of aryl methyl sites for hydroxylation is 3. The summed E-state index contributed by atoms with van der Waals surface area (Å²) >= 11 is 0. The number of aromatic nitrogens is 2. The maximum Gasteiger partial charge on any atom is 0.265 e. The Morgan fingerprint density at radius 1 is 1.20 bits per heavy atom. The van der Waals surface area contributed by atoms with Crippen LogP contribution in [0, 0.1) is 13.8 Å². The van der Waals surface area contributed by atoms with Gasteiger partial charge in [0.2, 0.25) is 10.0 Å². The molecular formula is C15H20N4O4S2. The van der Waals surface area contributed by atoms with E-state index in [0.717, 1.165) is 24.7 Å². The Morgan fingerprint density at radius 2 is 1.92 bits per heavy atom. The highest BCUT2D eigenvalue weighted by molar-refractivity contribution is 7.93. The lowest BCUT2D eigenvalue weighted by Gasteiger charge is -2.29. The second-order valence-electron chi connectivity index (χ2n) is 6.15. The van der Waals surface area contributed by atoms with Gasteiger partial charge in [-0.05, 0) is 44.4 Å². The molecular weight excluding hydrogens is 364 g/mol. The lowest BCUT2D eigenvalue weighted by molar-refractivity contribution is 0.592. The summed E-state index contributed by atoms with van der Waals surface area (Å²) < 4.78 is 53.1. The first-order valence-corrected chi connectivity index (χ1v) is 11.1. The van der Waals surface area contributed by atoms with Gasteiger partial charge in [-0.1, -0.05) is 6.07 Å². The number of sulfonamides is 2. The molecule has 136 valence electrons. The fourth-order valence-electron chi connectivity index (χ4n) is 3.09. The molecule has 25 heavy (non-hydrogen) atoms. The Hall–Kier alpha value is -2.07. The first-order chi connectivity index (χ1) is 11.6. The summed E-state index contributed by atoms with van der Waals surface area (Å²) in [6.07, 6.45) is 2.64. The van der Waals surface area contributed by atoms with Gasteiger partial charge in [-0.15, -0.1) is 0 Å². The van der Waals surface area contributed by atoms with Gasteiger partial charge in [0.25, 0.3) is 10.0 Å². The van der Waals surface area contributed by atoms with Crippen molar-refractivity contribution in [2.45, 2.75) is 31.6 Å². The van der Waals surface area contributed by atoms with Crippen LogP contribution in [0.5, 0.6) is 0 Å². The number of rotatable bonds is 4. The number of fused-ring (bicyclic) bond motifs is 1. The van der Waals surface area contributed by atoms with Crippen LogP contribution >= 0.6 is 0 Å². The van der Waals surface area contributed by atoms with E-state index in [0.29, 0.717) is 29.3 Å². The highest BCUT2D eigenvalue weighted by Gasteiger charge is 2.26. The van der Waals surface area contributed by atoms with E-state index in [1.54, 1.807) is 32.0 Å². The van der Waals surface area contributed by atoms with Crippen molar-refractivity contribution in [1.29, 1.82) is 0 Å². The molecule has 0 unspecified atom stereocenters. The van der Waals surface area contributed by atoms with Crippen LogP contribution in [0.2, 0.25) is 0 Å². The van der Waals surface area contributed by atoms with E-state index in [1.807, 2.05) is 0 Å². The quantitative estimate of drug-likeness (QED) is 0.830. The second-order valence-corrected chi connectivity index (χ2v) is 9.68. The fourth-order valence-corrected chi connectivity index (χ4v) is 5.50. The number of benzene rings is 1. The van der Waals surface area contributed by atoms with E-state index < -0.39 is 20.0 Å². The Labute approximate surface area is 147 Å². The molecule has 0 fully saturated rings. The Bertz CT molecular complexity index is 1010. The molecule has 2 heterocycles. The van der Waals surface area contributed by atoms with Crippen molar-refractivity contribution >= 4 is 31.4 Å². The zero-order valence-electron chi connectivity index (χ0n) is 14.2. The van der Waals surface area contributed by atoms with Gasteiger partial charge in [-0.2, -0.15) is 5.10 Å². The molecule has 1 aromatic heterocycles. The van der Waals surface area contributed by atoms with Crippen LogP contribution in [-0.4, -0.2) is 39.8 Å². The molecule has 0 spiro atoms. The second kappa shape index (κ2) is 6.03. The smallest absolute Gasteiger partial charge is 0.265 e. The highest BCUT2D eigenvalue weighted by atomic mass is 32.2. The molecule has 0 radical (unpaired) electrons. The minimum atomic E-state index is -3.82. The number of anilines is 2. The van der Waals surface area contributed by atoms with E-state index in [2.05, 4.69) is 14.9 Å². The van der Waals surface area contributed by atoms with Gasteiger partial charge in [-0.25, -0.2) is 16.8 Å². The maximum atomic E-state index is 12.6. The van der Waals surface area contributed by atoms with Gasteiger partial charge in [0, 0.05) is 6.54 Å². The highest BCUT2D eigenvalue weighted by Crippen LogP contribution is 2.32. The zero-order chi connectivity index (χ0) is 18.4. The first-order valence-electron chi connectivity index (χ1n) is 7.74. The standard InChI is InChI=1S/C15H20N4O4S2/c1-10-15(11(2)17-16-10)25(22,23)18-13-7-6-12-5-4-8-19(14(12)9-13)24(3,20)21/h6-7,9,18H,4-5,8H2,1-3H3,(H,16,17). The average Bonchev–Trinajstić information content (AvgIpc) is 2.85. The summed E-state index contributed by atoms with van der Waals surface area (Å²) in [5.74, 6) is 0. The van der Waals surface area contributed by atoms with Crippen molar-refractivity contribution < 1.29 is 16.8 Å². The third kappa shape index (κ3) is 3.36. The topological polar surface area (TPSA) is 112 Å². The van der Waals surface area contributed by atoms with E-state index in [9.17, 15) is 16.8 Å². The van der Waals surface area contributed by atoms with Gasteiger partial charge in [0.15, 0.2) is 0 Å². The lowest BCUT2D eigenvalue weighted by atomic mass is 10.0. The predicted octanol–water partition coefficient (Wildman–Crippen LogP) is 1.54. The normalized spacial score (nSPS) is 15.1. The number of nitrogens with one attached hydrogen (secondary N) is 2. The Morgan fingerprint density at radius 3 is 2.52 bits per heavy atom. The Kier molecular flexibility index (Phi) is 4.28. The molecule has 2 aromatic rings. The molecule has 0 bridgehead atoms. The van der Waals surface area contributed by atoms with Crippen LogP contribution in [0.1, 0.15) is 23.4 Å². The monoisotopic (exact) mass is 384 g/mol. The average molecular weight is 384 g/mol. The van der Waals surface area contributed by atoms with Crippen LogP contribution < -0.4 is 9.03 Å². The minimum Gasteiger partial charge on any atom is -0.281 e. The van der Waals surface area contributed by atoms with Gasteiger partial charge in [0.05, 0.1) is 29.0 Å². The van der Waals surface area contributed by atoms with Gasteiger partial charge < -0.3 is 0 Å². The zero-order valence-corrected chi connectivity index (χ0v) is 15.8.